The van der Waals surface area contributed by atoms with E-state index in [4.69, 9.17) is 0 Å². The lowest BCUT2D eigenvalue weighted by atomic mass is 10.2. The summed E-state index contributed by atoms with van der Waals surface area (Å²) in [7, 11) is 1.14. The lowest BCUT2D eigenvalue weighted by Crippen LogP contribution is -2.52. The molecule has 0 fully saturated rings. The topological polar surface area (TPSA) is 6.48 Å². The van der Waals surface area contributed by atoms with Gasteiger partial charge in [0.05, 0.1) is 6.17 Å². The standard InChI is InChI=1S/C13H30N2Si/c1-7-14(11(3)4)13(9-10-16)15(8-2)12(5)6/h9-13H,7-8H2,1-6,16H3. The van der Waals surface area contributed by atoms with Gasteiger partial charge in [0.2, 0.25) is 0 Å². The number of nitrogens with zero attached hydrogens (tertiary/aromatic N) is 2. The van der Waals surface area contributed by atoms with Crippen molar-refractivity contribution < 1.29 is 0 Å². The summed E-state index contributed by atoms with van der Waals surface area (Å²) in [5.41, 5.74) is 2.31. The first kappa shape index (κ1) is 15.9. The molecule has 0 spiro atoms. The van der Waals surface area contributed by atoms with E-state index in [0.717, 1.165) is 23.3 Å². The second-order valence-electron chi connectivity index (χ2n) is 4.79. The lowest BCUT2D eigenvalue weighted by molar-refractivity contribution is 0.0396. The molecule has 0 amide bonds. The Balaban J connectivity index is 4.94. The van der Waals surface area contributed by atoms with E-state index < -0.39 is 0 Å². The second kappa shape index (κ2) is 8.04. The molecule has 0 N–H and O–H groups in total. The maximum Gasteiger partial charge on any atom is 0.0815 e. The first-order valence-corrected chi connectivity index (χ1v) is 7.79. The van der Waals surface area contributed by atoms with Gasteiger partial charge in [0, 0.05) is 22.3 Å². The highest BCUT2D eigenvalue weighted by molar-refractivity contribution is 6.17. The average molecular weight is 242 g/mol. The van der Waals surface area contributed by atoms with Crippen LogP contribution in [0.5, 0.6) is 0 Å². The molecule has 0 bridgehead atoms. The van der Waals surface area contributed by atoms with Gasteiger partial charge in [-0.15, -0.1) is 5.70 Å². The third-order valence-corrected chi connectivity index (χ3v) is 3.49. The molecule has 2 nitrogen and oxygen atoms in total. The molecule has 0 saturated heterocycles. The van der Waals surface area contributed by atoms with Gasteiger partial charge in [-0.05, 0) is 40.8 Å². The van der Waals surface area contributed by atoms with Gasteiger partial charge in [0.15, 0.2) is 0 Å². The first-order chi connectivity index (χ1) is 7.49. The number of hydrogen-bond acceptors (Lipinski definition) is 2. The van der Waals surface area contributed by atoms with E-state index in [1.807, 2.05) is 0 Å². The molecule has 96 valence electrons. The third-order valence-electron chi connectivity index (χ3n) is 3.10. The fraction of sp³-hybridized carbons (Fsp3) is 0.846. The molecule has 0 rings (SSSR count). The quantitative estimate of drug-likeness (QED) is 0.495. The van der Waals surface area contributed by atoms with E-state index in [1.54, 1.807) is 0 Å². The van der Waals surface area contributed by atoms with Crippen molar-refractivity contribution in [1.29, 1.82) is 0 Å². The van der Waals surface area contributed by atoms with Gasteiger partial charge in [-0.2, -0.15) is 0 Å². The average Bonchev–Trinajstić information content (AvgIpc) is 2.18. The van der Waals surface area contributed by atoms with Crippen LogP contribution in [0.15, 0.2) is 11.8 Å². The van der Waals surface area contributed by atoms with Gasteiger partial charge in [-0.25, -0.2) is 0 Å². The van der Waals surface area contributed by atoms with Crippen LogP contribution >= 0.6 is 0 Å². The predicted molar refractivity (Wildman–Crippen MR) is 77.9 cm³/mol. The summed E-state index contributed by atoms with van der Waals surface area (Å²) in [6.07, 6.45) is 2.84. The van der Waals surface area contributed by atoms with Gasteiger partial charge in [-0.1, -0.05) is 19.9 Å². The van der Waals surface area contributed by atoms with Crippen molar-refractivity contribution in [1.82, 2.24) is 9.80 Å². The van der Waals surface area contributed by atoms with E-state index in [2.05, 4.69) is 63.1 Å². The molecule has 16 heavy (non-hydrogen) atoms. The van der Waals surface area contributed by atoms with E-state index in [-0.39, 0.29) is 0 Å². The van der Waals surface area contributed by atoms with Crippen molar-refractivity contribution in [3.05, 3.63) is 11.8 Å². The molecular formula is C13H30N2Si. The van der Waals surface area contributed by atoms with Crippen LogP contribution in [0.1, 0.15) is 41.5 Å². The molecule has 0 atom stereocenters. The van der Waals surface area contributed by atoms with Crippen molar-refractivity contribution in [2.75, 3.05) is 13.1 Å². The van der Waals surface area contributed by atoms with Crippen molar-refractivity contribution in [3.63, 3.8) is 0 Å². The zero-order chi connectivity index (χ0) is 12.7. The molecule has 0 radical (unpaired) electrons. The van der Waals surface area contributed by atoms with Crippen molar-refractivity contribution in [3.8, 4) is 0 Å². The highest BCUT2D eigenvalue weighted by atomic mass is 28.1. The molecule has 0 unspecified atom stereocenters. The zero-order valence-corrected chi connectivity index (χ0v) is 14.2. The van der Waals surface area contributed by atoms with Crippen LogP contribution in [0.3, 0.4) is 0 Å². The molecule has 0 aromatic carbocycles. The van der Waals surface area contributed by atoms with Crippen LogP contribution in [0.4, 0.5) is 0 Å². The minimum Gasteiger partial charge on any atom is -0.282 e. The highest BCUT2D eigenvalue weighted by Crippen LogP contribution is 2.14. The Bertz CT molecular complexity index is 186. The van der Waals surface area contributed by atoms with Crippen molar-refractivity contribution in [2.24, 2.45) is 0 Å². The maximum absolute atomic E-state index is 2.55. The molecular weight excluding hydrogens is 212 g/mol. The predicted octanol–water partition coefficient (Wildman–Crippen LogP) is 1.65. The molecule has 0 aliphatic carbocycles. The molecule has 0 aliphatic heterocycles. The largest absolute Gasteiger partial charge is 0.282 e. The summed E-state index contributed by atoms with van der Waals surface area (Å²) in [4.78, 5) is 5.11. The SMILES string of the molecule is CCN(C(C)C)C(C=C[SiH3])N(CC)C(C)C. The zero-order valence-electron chi connectivity index (χ0n) is 12.2. The maximum atomic E-state index is 2.55. The van der Waals surface area contributed by atoms with Gasteiger partial charge < -0.3 is 0 Å². The smallest absolute Gasteiger partial charge is 0.0815 e. The first-order valence-electron chi connectivity index (χ1n) is 6.63. The van der Waals surface area contributed by atoms with Crippen LogP contribution < -0.4 is 0 Å². The fourth-order valence-electron chi connectivity index (χ4n) is 2.30. The van der Waals surface area contributed by atoms with Gasteiger partial charge >= 0.3 is 0 Å². The fourth-order valence-corrected chi connectivity index (χ4v) is 2.64. The molecule has 0 saturated carbocycles. The Morgan fingerprint density at radius 3 is 1.50 bits per heavy atom. The van der Waals surface area contributed by atoms with Crippen LogP contribution in [-0.4, -0.2) is 51.4 Å². The minimum atomic E-state index is 0.465. The van der Waals surface area contributed by atoms with Gasteiger partial charge in [0.1, 0.15) is 0 Å². The normalized spacial score (nSPS) is 13.4. The van der Waals surface area contributed by atoms with Crippen LogP contribution in [-0.2, 0) is 0 Å². The summed E-state index contributed by atoms with van der Waals surface area (Å²) >= 11 is 0. The summed E-state index contributed by atoms with van der Waals surface area (Å²) in [5.74, 6) is 0. The summed E-state index contributed by atoms with van der Waals surface area (Å²) in [6.45, 7) is 15.9. The number of rotatable bonds is 7. The Kier molecular flexibility index (Phi) is 7.98. The van der Waals surface area contributed by atoms with Crippen LogP contribution in [0.2, 0.25) is 0 Å². The van der Waals surface area contributed by atoms with E-state index in [9.17, 15) is 0 Å². The Hall–Kier alpha value is -0.123. The molecule has 0 heterocycles. The van der Waals surface area contributed by atoms with Gasteiger partial charge in [0.25, 0.3) is 0 Å². The lowest BCUT2D eigenvalue weighted by Gasteiger charge is -2.41. The molecule has 0 aromatic heterocycles. The Morgan fingerprint density at radius 2 is 1.31 bits per heavy atom. The molecule has 3 heteroatoms. The van der Waals surface area contributed by atoms with E-state index in [1.165, 1.54) is 0 Å². The van der Waals surface area contributed by atoms with E-state index in [0.29, 0.717) is 18.2 Å². The van der Waals surface area contributed by atoms with E-state index >= 15 is 0 Å². The summed E-state index contributed by atoms with van der Waals surface area (Å²) in [6, 6.07) is 1.20. The highest BCUT2D eigenvalue weighted by Gasteiger charge is 2.24. The third kappa shape index (κ3) is 4.40. The Labute approximate surface area is 105 Å². The number of likely N-dealkylation sites (N-methyl/N-ethyl adjacent to an activating group) is 2. The monoisotopic (exact) mass is 242 g/mol. The summed E-state index contributed by atoms with van der Waals surface area (Å²) < 4.78 is 0. The van der Waals surface area contributed by atoms with Crippen molar-refractivity contribution >= 4 is 10.2 Å². The van der Waals surface area contributed by atoms with Gasteiger partial charge in [-0.3, -0.25) is 9.80 Å². The summed E-state index contributed by atoms with van der Waals surface area (Å²) in [5, 5.41) is 0. The Morgan fingerprint density at radius 1 is 0.938 bits per heavy atom. The van der Waals surface area contributed by atoms with Crippen LogP contribution in [0.25, 0.3) is 0 Å². The molecule has 0 aliphatic rings. The second-order valence-corrected chi connectivity index (χ2v) is 5.45. The van der Waals surface area contributed by atoms with Crippen LogP contribution in [0, 0.1) is 0 Å². The number of hydrogen-bond donors (Lipinski definition) is 0. The van der Waals surface area contributed by atoms with Crippen molar-refractivity contribution in [2.45, 2.75) is 59.8 Å². The minimum absolute atomic E-state index is 0.465. The molecule has 0 aromatic rings.